The molecule has 0 aliphatic carbocycles. The number of alkyl halides is 3. The normalized spacial score (nSPS) is 12.3. The number of halogens is 4. The van der Waals surface area contributed by atoms with Crippen molar-refractivity contribution < 1.29 is 41.3 Å². The van der Waals surface area contributed by atoms with Crippen LogP contribution in [0.4, 0.5) is 18.9 Å². The van der Waals surface area contributed by atoms with E-state index in [1.807, 2.05) is 30.3 Å². The van der Waals surface area contributed by atoms with Gasteiger partial charge < -0.3 is 33.6 Å². The molecule has 1 amide bonds. The molecule has 58 heavy (non-hydrogen) atoms. The van der Waals surface area contributed by atoms with Crippen LogP contribution in [0.1, 0.15) is 43.4 Å². The number of anilines is 1. The van der Waals surface area contributed by atoms with E-state index in [1.165, 1.54) is 5.56 Å². The predicted molar refractivity (Wildman–Crippen MR) is 217 cm³/mol. The summed E-state index contributed by atoms with van der Waals surface area (Å²) in [7, 11) is 8.67. The van der Waals surface area contributed by atoms with Crippen molar-refractivity contribution >= 4 is 34.3 Å². The number of methoxy groups -OCH3 is 4. The van der Waals surface area contributed by atoms with Crippen molar-refractivity contribution in [2.24, 2.45) is 5.92 Å². The van der Waals surface area contributed by atoms with Crippen LogP contribution in [-0.4, -0.2) is 64.0 Å². The maximum Gasteiger partial charge on any atom is 0.420 e. The van der Waals surface area contributed by atoms with Gasteiger partial charge in [-0.15, -0.1) is 0 Å². The number of nitrogens with one attached hydrogen (secondary N) is 1. The molecule has 0 bridgehead atoms. The number of benzene rings is 4. The number of ether oxygens (including phenoxy) is 4. The second-order valence-corrected chi connectivity index (χ2v) is 14.2. The fraction of sp³-hybridized carbons (Fsp3) is 0.372. The third-order valence-corrected chi connectivity index (χ3v) is 10.2. The molecule has 310 valence electrons. The van der Waals surface area contributed by atoms with E-state index in [-0.39, 0.29) is 16.6 Å². The van der Waals surface area contributed by atoms with Crippen molar-refractivity contribution in [3.05, 3.63) is 111 Å². The number of amides is 1. The molecule has 0 aliphatic heterocycles. The van der Waals surface area contributed by atoms with Crippen molar-refractivity contribution in [3.8, 4) is 29.1 Å². The van der Waals surface area contributed by atoms with Crippen LogP contribution in [0.3, 0.4) is 0 Å². The van der Waals surface area contributed by atoms with Gasteiger partial charge in [0.15, 0.2) is 28.6 Å². The number of oxazole rings is 1. The smallest absolute Gasteiger partial charge is 0.420 e. The maximum atomic E-state index is 12.8. The van der Waals surface area contributed by atoms with Crippen molar-refractivity contribution in [1.29, 1.82) is 5.26 Å². The molecule has 0 saturated heterocycles. The number of para-hydroxylation sites is 2. The van der Waals surface area contributed by atoms with Gasteiger partial charge in [0.05, 0.1) is 61.7 Å². The van der Waals surface area contributed by atoms with E-state index >= 15 is 0 Å². The number of aromatic nitrogens is 1. The molecular weight excluding hydrogens is 777 g/mol. The minimum atomic E-state index is -4.57. The fourth-order valence-corrected chi connectivity index (χ4v) is 6.68. The third-order valence-electron chi connectivity index (χ3n) is 9.87. The van der Waals surface area contributed by atoms with Gasteiger partial charge in [-0.05, 0) is 104 Å². The van der Waals surface area contributed by atoms with Crippen LogP contribution in [0.25, 0.3) is 11.1 Å². The SMILES string of the molecule is COc1ccc(CCN(C)CCCC(C#N)(c2ccc(OC)c(OC)c2)C(C)C)cc1OC.O=C(Cn1c(=O)oc2ccccc21)Nc1cc(C(F)(F)F)ccc1Cl. The summed E-state index contributed by atoms with van der Waals surface area (Å²) in [4.78, 5) is 26.3. The van der Waals surface area contributed by atoms with Crippen molar-refractivity contribution in [2.75, 3.05) is 53.9 Å². The van der Waals surface area contributed by atoms with Crippen LogP contribution in [0, 0.1) is 17.2 Å². The van der Waals surface area contributed by atoms with Crippen LogP contribution in [-0.2, 0) is 29.4 Å². The molecule has 0 radical (unpaired) electrons. The van der Waals surface area contributed by atoms with E-state index in [0.717, 1.165) is 72.2 Å². The molecule has 0 fully saturated rings. The van der Waals surface area contributed by atoms with Crippen molar-refractivity contribution in [1.82, 2.24) is 9.47 Å². The summed E-state index contributed by atoms with van der Waals surface area (Å²) in [5, 5.41) is 12.5. The average Bonchev–Trinajstić information content (AvgIpc) is 3.52. The Kier molecular flexibility index (Phi) is 15.7. The predicted octanol–water partition coefficient (Wildman–Crippen LogP) is 9.00. The third kappa shape index (κ3) is 11.0. The van der Waals surface area contributed by atoms with Gasteiger partial charge in [0.1, 0.15) is 6.54 Å². The summed E-state index contributed by atoms with van der Waals surface area (Å²) in [6.45, 7) is 5.63. The first kappa shape index (κ1) is 45.1. The molecule has 1 aromatic heterocycles. The second-order valence-electron chi connectivity index (χ2n) is 13.8. The Morgan fingerprint density at radius 1 is 0.879 bits per heavy atom. The minimum Gasteiger partial charge on any atom is -0.493 e. The van der Waals surface area contributed by atoms with Gasteiger partial charge in [-0.3, -0.25) is 9.36 Å². The number of nitriles is 1. The highest BCUT2D eigenvalue weighted by molar-refractivity contribution is 6.33. The first-order valence-electron chi connectivity index (χ1n) is 18.4. The van der Waals surface area contributed by atoms with Gasteiger partial charge in [0, 0.05) is 6.54 Å². The molecule has 0 aliphatic rings. The summed E-state index contributed by atoms with van der Waals surface area (Å²) in [5.41, 5.74) is 1.17. The van der Waals surface area contributed by atoms with Crippen LogP contribution in [0.15, 0.2) is 88.1 Å². The summed E-state index contributed by atoms with van der Waals surface area (Å²) >= 11 is 5.83. The molecule has 1 atom stereocenters. The van der Waals surface area contributed by atoms with E-state index in [9.17, 15) is 28.0 Å². The Hall–Kier alpha value is -5.65. The Labute approximate surface area is 340 Å². The highest BCUT2D eigenvalue weighted by Gasteiger charge is 2.36. The maximum absolute atomic E-state index is 12.8. The number of carbonyl (C=O) groups excluding carboxylic acids is 1. The van der Waals surface area contributed by atoms with Gasteiger partial charge in [0.2, 0.25) is 5.91 Å². The van der Waals surface area contributed by atoms with Crippen LogP contribution in [0.5, 0.6) is 23.0 Å². The van der Waals surface area contributed by atoms with E-state index in [2.05, 4.69) is 43.2 Å². The number of hydrogen-bond acceptors (Lipinski definition) is 9. The molecule has 5 aromatic rings. The number of rotatable bonds is 16. The quantitative estimate of drug-likeness (QED) is 0.104. The molecule has 0 saturated carbocycles. The van der Waals surface area contributed by atoms with Gasteiger partial charge in [-0.1, -0.05) is 49.7 Å². The lowest BCUT2D eigenvalue weighted by Gasteiger charge is -2.32. The first-order valence-corrected chi connectivity index (χ1v) is 18.8. The Morgan fingerprint density at radius 3 is 2.12 bits per heavy atom. The molecule has 1 N–H and O–H groups in total. The summed E-state index contributed by atoms with van der Waals surface area (Å²) in [6, 6.07) is 23.6. The average molecular weight is 825 g/mol. The Morgan fingerprint density at radius 2 is 1.50 bits per heavy atom. The van der Waals surface area contributed by atoms with Gasteiger partial charge in [-0.25, -0.2) is 4.79 Å². The molecule has 1 heterocycles. The molecule has 15 heteroatoms. The molecule has 11 nitrogen and oxygen atoms in total. The first-order chi connectivity index (χ1) is 27.6. The van der Waals surface area contributed by atoms with Gasteiger partial charge in [0.25, 0.3) is 0 Å². The van der Waals surface area contributed by atoms with E-state index < -0.39 is 35.4 Å². The highest BCUT2D eigenvalue weighted by atomic mass is 35.5. The largest absolute Gasteiger partial charge is 0.493 e. The Bertz CT molecular complexity index is 2270. The molecule has 5 rings (SSSR count). The van der Waals surface area contributed by atoms with Crippen LogP contribution in [0.2, 0.25) is 5.02 Å². The monoisotopic (exact) mass is 824 g/mol. The lowest BCUT2D eigenvalue weighted by atomic mass is 9.69. The lowest BCUT2D eigenvalue weighted by Crippen LogP contribution is -2.32. The second kappa shape index (κ2) is 20.2. The zero-order valence-corrected chi connectivity index (χ0v) is 34.3. The van der Waals surface area contributed by atoms with Gasteiger partial charge in [-0.2, -0.15) is 18.4 Å². The van der Waals surface area contributed by atoms with E-state index in [1.54, 1.807) is 52.7 Å². The molecule has 1 unspecified atom stereocenters. The molecule has 0 spiro atoms. The fourth-order valence-electron chi connectivity index (χ4n) is 6.52. The van der Waals surface area contributed by atoms with Crippen LogP contribution < -0.4 is 30.0 Å². The number of hydrogen-bond donors (Lipinski definition) is 1. The van der Waals surface area contributed by atoms with Crippen molar-refractivity contribution in [3.63, 3.8) is 0 Å². The lowest BCUT2D eigenvalue weighted by molar-refractivity contribution is -0.137. The summed E-state index contributed by atoms with van der Waals surface area (Å²) < 4.78 is 65.9. The zero-order chi connectivity index (χ0) is 42.6. The molecule has 4 aromatic carbocycles. The number of nitrogens with zero attached hydrogens (tertiary/aromatic N) is 3. The van der Waals surface area contributed by atoms with Crippen molar-refractivity contribution in [2.45, 2.75) is 51.2 Å². The van der Waals surface area contributed by atoms with E-state index in [4.69, 9.17) is 35.0 Å². The Balaban J connectivity index is 0.000000266. The summed E-state index contributed by atoms with van der Waals surface area (Å²) in [6.07, 6.45) is -1.96. The highest BCUT2D eigenvalue weighted by Crippen LogP contribution is 2.40. The molecular formula is C43H48ClF3N4O7. The number of fused-ring (bicyclic) bond motifs is 1. The van der Waals surface area contributed by atoms with Crippen LogP contribution >= 0.6 is 11.6 Å². The van der Waals surface area contributed by atoms with E-state index in [0.29, 0.717) is 22.6 Å². The summed E-state index contributed by atoms with van der Waals surface area (Å²) in [5.74, 6) is 1.53. The topological polar surface area (TPSA) is 128 Å². The standard InChI is InChI=1S/C27H38N2O4.C16H10ClF3N2O3/c1-20(2)27(19-28,22-10-12-24(31-5)26(18-22)33-7)14-8-15-29(3)16-13-21-9-11-23(30-4)25(17-21)32-6;17-10-6-5-9(16(18,19)20)7-11(10)21-14(23)8-22-12-3-1-2-4-13(12)25-15(22)24/h9-12,17-18,20H,8,13-16H2,1-7H3;1-7H,8H2,(H,21,23). The number of likely N-dealkylation sites (N-methyl/N-ethyl adjacent to an activating group) is 1. The number of carbonyl (C=O) groups is 1. The zero-order valence-electron chi connectivity index (χ0n) is 33.5. The minimum absolute atomic E-state index is 0.0502. The van der Waals surface area contributed by atoms with Gasteiger partial charge >= 0.3 is 11.9 Å².